The van der Waals surface area contributed by atoms with Gasteiger partial charge in [-0.25, -0.2) is 0 Å². The molecule has 1 aromatic heterocycles. The lowest BCUT2D eigenvalue weighted by Gasteiger charge is -2.28. The lowest BCUT2D eigenvalue weighted by atomic mass is 10.2. The van der Waals surface area contributed by atoms with E-state index in [1.165, 1.54) is 0 Å². The molecule has 2 heterocycles. The van der Waals surface area contributed by atoms with Gasteiger partial charge in [0.25, 0.3) is 0 Å². The van der Waals surface area contributed by atoms with Gasteiger partial charge in [0, 0.05) is 23.8 Å². The number of carbonyl (C=O) groups is 2. The van der Waals surface area contributed by atoms with Gasteiger partial charge >= 0.3 is 0 Å². The van der Waals surface area contributed by atoms with Crippen molar-refractivity contribution in [1.82, 2.24) is 10.2 Å². The van der Waals surface area contributed by atoms with Gasteiger partial charge in [0.2, 0.25) is 11.8 Å². The molecule has 1 saturated carbocycles. The summed E-state index contributed by atoms with van der Waals surface area (Å²) in [6.07, 6.45) is 6.06. The van der Waals surface area contributed by atoms with E-state index in [2.05, 4.69) is 5.32 Å². The molecular weight excluding hydrogens is 288 g/mol. The number of hydrogen-bond donors (Lipinski definition) is 1. The molecule has 0 radical (unpaired) electrons. The Bertz CT molecular complexity index is 513. The lowest BCUT2D eigenvalue weighted by molar-refractivity contribution is -0.140. The molecule has 6 heteroatoms. The number of hydrogen-bond acceptors (Lipinski definition) is 4. The van der Waals surface area contributed by atoms with Crippen LogP contribution in [0.15, 0.2) is 23.0 Å². The molecule has 0 bridgehead atoms. The van der Waals surface area contributed by atoms with E-state index in [4.69, 9.17) is 4.42 Å². The van der Waals surface area contributed by atoms with Crippen LogP contribution >= 0.6 is 11.8 Å². The molecule has 1 saturated heterocycles. The van der Waals surface area contributed by atoms with Gasteiger partial charge in [-0.05, 0) is 25.3 Å². The summed E-state index contributed by atoms with van der Waals surface area (Å²) in [6, 6.07) is 1.51. The third kappa shape index (κ3) is 2.95. The zero-order chi connectivity index (χ0) is 14.8. The van der Waals surface area contributed by atoms with Crippen molar-refractivity contribution < 1.29 is 14.0 Å². The molecule has 5 nitrogen and oxygen atoms in total. The molecule has 21 heavy (non-hydrogen) atoms. The Hall–Kier alpha value is -1.43. The van der Waals surface area contributed by atoms with Crippen molar-refractivity contribution in [1.29, 1.82) is 0 Å². The molecule has 2 aliphatic rings. The van der Waals surface area contributed by atoms with Crippen molar-refractivity contribution in [2.75, 3.05) is 12.3 Å². The topological polar surface area (TPSA) is 62.6 Å². The van der Waals surface area contributed by atoms with E-state index >= 15 is 0 Å². The van der Waals surface area contributed by atoms with Crippen molar-refractivity contribution >= 4 is 23.6 Å². The van der Waals surface area contributed by atoms with Crippen LogP contribution in [0.3, 0.4) is 0 Å². The number of nitrogens with one attached hydrogen (secondary N) is 1. The van der Waals surface area contributed by atoms with Crippen molar-refractivity contribution in [3.8, 4) is 0 Å². The van der Waals surface area contributed by atoms with Crippen LogP contribution in [0.1, 0.15) is 37.1 Å². The van der Waals surface area contributed by atoms with E-state index in [0.29, 0.717) is 12.3 Å². The molecule has 114 valence electrons. The Balaban J connectivity index is 1.79. The Morgan fingerprint density at radius 3 is 2.90 bits per heavy atom. The molecule has 1 aliphatic heterocycles. The Morgan fingerprint density at radius 1 is 1.48 bits per heavy atom. The third-order valence-corrected chi connectivity index (χ3v) is 5.18. The number of furan rings is 1. The first-order valence-electron chi connectivity index (χ1n) is 7.46. The van der Waals surface area contributed by atoms with E-state index in [1.807, 2.05) is 13.0 Å². The number of thioether (sulfide) groups is 1. The molecule has 1 aliphatic carbocycles. The first-order valence-corrected chi connectivity index (χ1v) is 8.50. The summed E-state index contributed by atoms with van der Waals surface area (Å²) in [5.74, 6) is 0.830. The predicted molar refractivity (Wildman–Crippen MR) is 80.6 cm³/mol. The Morgan fingerprint density at radius 2 is 2.29 bits per heavy atom. The minimum absolute atomic E-state index is 0.0376. The highest BCUT2D eigenvalue weighted by molar-refractivity contribution is 7.99. The smallest absolute Gasteiger partial charge is 0.243 e. The SMILES string of the molecule is CCCNC(=O)C1CSC(c2ccoc2)N1C(=O)C1CC1. The highest BCUT2D eigenvalue weighted by Gasteiger charge is 2.46. The minimum atomic E-state index is -0.366. The van der Waals surface area contributed by atoms with E-state index in [0.717, 1.165) is 24.8 Å². The summed E-state index contributed by atoms with van der Waals surface area (Å²) in [7, 11) is 0. The largest absolute Gasteiger partial charge is 0.472 e. The highest BCUT2D eigenvalue weighted by atomic mass is 32.2. The van der Waals surface area contributed by atoms with Crippen LogP contribution in [0, 0.1) is 5.92 Å². The van der Waals surface area contributed by atoms with Crippen LogP contribution in [0.4, 0.5) is 0 Å². The zero-order valence-corrected chi connectivity index (χ0v) is 12.9. The first kappa shape index (κ1) is 14.5. The summed E-state index contributed by atoms with van der Waals surface area (Å²) in [5, 5.41) is 2.81. The summed E-state index contributed by atoms with van der Waals surface area (Å²) in [4.78, 5) is 26.7. The molecule has 1 N–H and O–H groups in total. The highest BCUT2D eigenvalue weighted by Crippen LogP contribution is 2.45. The van der Waals surface area contributed by atoms with Crippen LogP contribution < -0.4 is 5.32 Å². The second kappa shape index (κ2) is 6.13. The van der Waals surface area contributed by atoms with E-state index in [9.17, 15) is 9.59 Å². The van der Waals surface area contributed by atoms with Gasteiger partial charge in [-0.15, -0.1) is 11.8 Å². The average Bonchev–Trinajstić information content (AvgIpc) is 3.02. The maximum atomic E-state index is 12.6. The zero-order valence-electron chi connectivity index (χ0n) is 12.1. The van der Waals surface area contributed by atoms with Crippen LogP contribution in [0.5, 0.6) is 0 Å². The summed E-state index contributed by atoms with van der Waals surface area (Å²) < 4.78 is 5.14. The molecule has 2 atom stereocenters. The second-order valence-electron chi connectivity index (χ2n) is 5.57. The van der Waals surface area contributed by atoms with Crippen molar-refractivity contribution in [3.63, 3.8) is 0 Å². The normalized spacial score (nSPS) is 25.1. The fourth-order valence-corrected chi connectivity index (χ4v) is 3.97. The monoisotopic (exact) mass is 308 g/mol. The lowest BCUT2D eigenvalue weighted by Crippen LogP contribution is -2.48. The number of nitrogens with zero attached hydrogens (tertiary/aromatic N) is 1. The van der Waals surface area contributed by atoms with E-state index in [1.54, 1.807) is 29.2 Å². The molecular formula is C15H20N2O3S. The fourth-order valence-electron chi connectivity index (χ4n) is 2.56. The minimum Gasteiger partial charge on any atom is -0.472 e. The predicted octanol–water partition coefficient (Wildman–Crippen LogP) is 2.16. The molecule has 1 aromatic rings. The van der Waals surface area contributed by atoms with Crippen molar-refractivity contribution in [2.24, 2.45) is 5.92 Å². The maximum absolute atomic E-state index is 12.6. The van der Waals surface area contributed by atoms with E-state index in [-0.39, 0.29) is 29.1 Å². The standard InChI is InChI=1S/C15H20N2O3S/c1-2-6-16-13(18)12-9-21-15(11-5-7-20-8-11)17(12)14(19)10-3-4-10/h5,7-8,10,12,15H,2-4,6,9H2,1H3,(H,16,18). The van der Waals surface area contributed by atoms with Crippen LogP contribution in [-0.2, 0) is 9.59 Å². The van der Waals surface area contributed by atoms with Crippen molar-refractivity contribution in [3.05, 3.63) is 24.2 Å². The van der Waals surface area contributed by atoms with Gasteiger partial charge in [0.05, 0.1) is 12.5 Å². The van der Waals surface area contributed by atoms with Crippen LogP contribution in [-0.4, -0.2) is 35.1 Å². The summed E-state index contributed by atoms with van der Waals surface area (Å²) in [5.41, 5.74) is 0.958. The molecule has 2 fully saturated rings. The van der Waals surface area contributed by atoms with Crippen LogP contribution in [0.2, 0.25) is 0 Å². The summed E-state index contributed by atoms with van der Waals surface area (Å²) in [6.45, 7) is 2.67. The summed E-state index contributed by atoms with van der Waals surface area (Å²) >= 11 is 1.64. The Kier molecular flexibility index (Phi) is 4.24. The molecule has 2 unspecified atom stereocenters. The number of amides is 2. The first-order chi connectivity index (χ1) is 10.2. The molecule has 2 amide bonds. The molecule has 0 aromatic carbocycles. The van der Waals surface area contributed by atoms with Gasteiger partial charge in [0.15, 0.2) is 0 Å². The number of rotatable bonds is 5. The third-order valence-electron chi connectivity index (χ3n) is 3.86. The Labute approximate surface area is 128 Å². The van der Waals surface area contributed by atoms with Gasteiger partial charge in [-0.2, -0.15) is 0 Å². The quantitative estimate of drug-likeness (QED) is 0.905. The van der Waals surface area contributed by atoms with Crippen LogP contribution in [0.25, 0.3) is 0 Å². The number of carbonyl (C=O) groups excluding carboxylic acids is 2. The van der Waals surface area contributed by atoms with Gasteiger partial charge in [-0.1, -0.05) is 6.92 Å². The maximum Gasteiger partial charge on any atom is 0.243 e. The van der Waals surface area contributed by atoms with Gasteiger partial charge < -0.3 is 14.6 Å². The average molecular weight is 308 g/mol. The van der Waals surface area contributed by atoms with E-state index < -0.39 is 0 Å². The van der Waals surface area contributed by atoms with Crippen molar-refractivity contribution in [2.45, 2.75) is 37.6 Å². The molecule has 0 spiro atoms. The van der Waals surface area contributed by atoms with Gasteiger partial charge in [0.1, 0.15) is 11.4 Å². The molecule has 3 rings (SSSR count). The fraction of sp³-hybridized carbons (Fsp3) is 0.600. The second-order valence-corrected chi connectivity index (χ2v) is 6.68. The van der Waals surface area contributed by atoms with Gasteiger partial charge in [-0.3, -0.25) is 9.59 Å².